The molecule has 0 fully saturated rings. The van der Waals surface area contributed by atoms with Gasteiger partial charge in [0, 0.05) is 5.39 Å². The summed E-state index contributed by atoms with van der Waals surface area (Å²) in [6, 6.07) is 14.9. The van der Waals surface area contributed by atoms with Crippen molar-refractivity contribution in [2.75, 3.05) is 10.6 Å². The van der Waals surface area contributed by atoms with E-state index in [9.17, 15) is 9.90 Å². The maximum atomic E-state index is 12.2. The fraction of sp³-hybridized carbons (Fsp3) is 0. The van der Waals surface area contributed by atoms with Crippen LogP contribution >= 0.6 is 23.2 Å². The summed E-state index contributed by atoms with van der Waals surface area (Å²) >= 11 is 12.0. The Labute approximate surface area is 142 Å². The van der Waals surface area contributed by atoms with Gasteiger partial charge in [-0.3, -0.25) is 0 Å². The van der Waals surface area contributed by atoms with E-state index >= 15 is 0 Å². The van der Waals surface area contributed by atoms with Gasteiger partial charge in [0.1, 0.15) is 5.75 Å². The number of carbonyl (C=O) groups is 1. The molecule has 0 spiro atoms. The number of halogens is 2. The van der Waals surface area contributed by atoms with Gasteiger partial charge in [-0.2, -0.15) is 0 Å². The molecule has 0 unspecified atom stereocenters. The van der Waals surface area contributed by atoms with Gasteiger partial charge >= 0.3 is 6.03 Å². The van der Waals surface area contributed by atoms with Crippen LogP contribution in [-0.4, -0.2) is 11.1 Å². The van der Waals surface area contributed by atoms with Crippen LogP contribution in [0.1, 0.15) is 0 Å². The van der Waals surface area contributed by atoms with E-state index in [0.717, 1.165) is 10.8 Å². The van der Waals surface area contributed by atoms with Gasteiger partial charge in [-0.1, -0.05) is 41.4 Å². The van der Waals surface area contributed by atoms with Gasteiger partial charge in [0.25, 0.3) is 0 Å². The molecule has 0 aliphatic carbocycles. The number of phenols is 1. The lowest BCUT2D eigenvalue weighted by atomic mass is 10.1. The second-order valence-electron chi connectivity index (χ2n) is 4.89. The molecular formula is C17H12Cl2N2O2. The van der Waals surface area contributed by atoms with Crippen LogP contribution in [-0.2, 0) is 0 Å². The van der Waals surface area contributed by atoms with Crippen molar-refractivity contribution in [1.29, 1.82) is 0 Å². The van der Waals surface area contributed by atoms with Crippen molar-refractivity contribution in [2.24, 2.45) is 0 Å². The summed E-state index contributed by atoms with van der Waals surface area (Å²) in [4.78, 5) is 12.2. The quantitative estimate of drug-likeness (QED) is 0.573. The van der Waals surface area contributed by atoms with Crippen molar-refractivity contribution in [1.82, 2.24) is 0 Å². The second kappa shape index (κ2) is 6.36. The predicted molar refractivity (Wildman–Crippen MR) is 94.7 cm³/mol. The minimum atomic E-state index is -0.435. The molecular weight excluding hydrogens is 335 g/mol. The van der Waals surface area contributed by atoms with Gasteiger partial charge in [0.15, 0.2) is 0 Å². The van der Waals surface area contributed by atoms with E-state index in [1.54, 1.807) is 48.5 Å². The summed E-state index contributed by atoms with van der Waals surface area (Å²) in [5.74, 6) is 0.171. The first-order valence-electron chi connectivity index (χ1n) is 6.78. The first-order valence-corrected chi connectivity index (χ1v) is 7.54. The van der Waals surface area contributed by atoms with E-state index in [1.807, 2.05) is 6.07 Å². The van der Waals surface area contributed by atoms with Gasteiger partial charge in [-0.05, 0) is 41.8 Å². The van der Waals surface area contributed by atoms with E-state index in [-0.39, 0.29) is 10.8 Å². The van der Waals surface area contributed by atoms with Crippen LogP contribution in [0.4, 0.5) is 16.2 Å². The molecule has 0 aliphatic rings. The van der Waals surface area contributed by atoms with Crippen molar-refractivity contribution in [3.63, 3.8) is 0 Å². The molecule has 2 amide bonds. The van der Waals surface area contributed by atoms with Crippen LogP contribution in [0.5, 0.6) is 5.75 Å². The largest absolute Gasteiger partial charge is 0.508 e. The average Bonchev–Trinajstić information content (AvgIpc) is 2.52. The SMILES string of the molecule is O=C(Nc1cccc(Cl)c1Cl)Nc1cccc2cc(O)ccc12. The summed E-state index contributed by atoms with van der Waals surface area (Å²) in [6.45, 7) is 0. The van der Waals surface area contributed by atoms with Gasteiger partial charge < -0.3 is 15.7 Å². The highest BCUT2D eigenvalue weighted by atomic mass is 35.5. The predicted octanol–water partition coefficient (Wildman–Crippen LogP) is 5.50. The molecule has 0 radical (unpaired) electrons. The Hall–Kier alpha value is -2.43. The fourth-order valence-corrected chi connectivity index (χ4v) is 2.60. The highest BCUT2D eigenvalue weighted by Gasteiger charge is 2.10. The Balaban J connectivity index is 1.84. The molecule has 23 heavy (non-hydrogen) atoms. The minimum Gasteiger partial charge on any atom is -0.508 e. The number of benzene rings is 3. The van der Waals surface area contributed by atoms with Crippen LogP contribution in [0.25, 0.3) is 10.8 Å². The van der Waals surface area contributed by atoms with Gasteiger partial charge in [0.2, 0.25) is 0 Å². The van der Waals surface area contributed by atoms with Crippen LogP contribution in [0, 0.1) is 0 Å². The zero-order chi connectivity index (χ0) is 16.4. The van der Waals surface area contributed by atoms with E-state index < -0.39 is 6.03 Å². The van der Waals surface area contributed by atoms with Crippen LogP contribution in [0.2, 0.25) is 10.0 Å². The number of carbonyl (C=O) groups excluding carboxylic acids is 1. The molecule has 3 aromatic rings. The van der Waals surface area contributed by atoms with E-state index in [4.69, 9.17) is 23.2 Å². The number of hydrogen-bond donors (Lipinski definition) is 3. The Morgan fingerprint density at radius 2 is 1.61 bits per heavy atom. The number of hydrogen-bond acceptors (Lipinski definition) is 2. The fourth-order valence-electron chi connectivity index (χ4n) is 2.26. The zero-order valence-corrected chi connectivity index (χ0v) is 13.3. The third kappa shape index (κ3) is 3.33. The number of rotatable bonds is 2. The Morgan fingerprint density at radius 3 is 2.43 bits per heavy atom. The minimum absolute atomic E-state index is 0.171. The summed E-state index contributed by atoms with van der Waals surface area (Å²) in [7, 11) is 0. The van der Waals surface area contributed by atoms with Crippen molar-refractivity contribution in [2.45, 2.75) is 0 Å². The summed E-state index contributed by atoms with van der Waals surface area (Å²) in [5, 5.41) is 17.2. The lowest BCUT2D eigenvalue weighted by molar-refractivity contribution is 0.262. The third-order valence-corrected chi connectivity index (χ3v) is 4.13. The van der Waals surface area contributed by atoms with Crippen LogP contribution in [0.3, 0.4) is 0 Å². The Kier molecular flexibility index (Phi) is 4.28. The normalized spacial score (nSPS) is 10.5. The van der Waals surface area contributed by atoms with Crippen molar-refractivity contribution in [3.05, 3.63) is 64.6 Å². The third-order valence-electron chi connectivity index (χ3n) is 3.31. The number of fused-ring (bicyclic) bond motifs is 1. The Morgan fingerprint density at radius 1 is 0.913 bits per heavy atom. The molecule has 0 atom stereocenters. The molecule has 4 nitrogen and oxygen atoms in total. The van der Waals surface area contributed by atoms with Crippen LogP contribution < -0.4 is 10.6 Å². The maximum Gasteiger partial charge on any atom is 0.323 e. The molecule has 0 saturated heterocycles. The van der Waals surface area contributed by atoms with Gasteiger partial charge in [-0.15, -0.1) is 0 Å². The number of urea groups is 1. The monoisotopic (exact) mass is 346 g/mol. The van der Waals surface area contributed by atoms with E-state index in [0.29, 0.717) is 16.4 Å². The lowest BCUT2D eigenvalue weighted by Crippen LogP contribution is -2.19. The molecule has 0 bridgehead atoms. The van der Waals surface area contributed by atoms with E-state index in [1.165, 1.54) is 0 Å². The zero-order valence-electron chi connectivity index (χ0n) is 11.8. The molecule has 0 saturated carbocycles. The number of nitrogens with one attached hydrogen (secondary N) is 2. The molecule has 0 heterocycles. The standard InChI is InChI=1S/C17H12Cl2N2O2/c18-13-4-2-6-15(16(13)19)21-17(23)20-14-5-1-3-10-9-11(22)7-8-12(10)14/h1-9,22H,(H2,20,21,23). The van der Waals surface area contributed by atoms with Crippen molar-refractivity contribution >= 4 is 51.4 Å². The number of amides is 2. The van der Waals surface area contributed by atoms with Crippen LogP contribution in [0.15, 0.2) is 54.6 Å². The number of aromatic hydroxyl groups is 1. The van der Waals surface area contributed by atoms with Gasteiger partial charge in [-0.25, -0.2) is 4.79 Å². The molecule has 6 heteroatoms. The lowest BCUT2D eigenvalue weighted by Gasteiger charge is -2.11. The van der Waals surface area contributed by atoms with Gasteiger partial charge in [0.05, 0.1) is 21.4 Å². The molecule has 3 aromatic carbocycles. The highest BCUT2D eigenvalue weighted by molar-refractivity contribution is 6.44. The smallest absolute Gasteiger partial charge is 0.323 e. The summed E-state index contributed by atoms with van der Waals surface area (Å²) in [5.41, 5.74) is 1.05. The molecule has 3 rings (SSSR count). The van der Waals surface area contributed by atoms with E-state index in [2.05, 4.69) is 10.6 Å². The summed E-state index contributed by atoms with van der Waals surface area (Å²) in [6.07, 6.45) is 0. The second-order valence-corrected chi connectivity index (χ2v) is 5.68. The molecule has 3 N–H and O–H groups in total. The molecule has 0 aromatic heterocycles. The molecule has 116 valence electrons. The number of anilines is 2. The summed E-state index contributed by atoms with van der Waals surface area (Å²) < 4.78 is 0. The topological polar surface area (TPSA) is 61.4 Å². The number of phenolic OH excluding ortho intramolecular Hbond substituents is 1. The first-order chi connectivity index (χ1) is 11.0. The molecule has 0 aliphatic heterocycles. The van der Waals surface area contributed by atoms with Crippen molar-refractivity contribution < 1.29 is 9.90 Å². The maximum absolute atomic E-state index is 12.2. The van der Waals surface area contributed by atoms with Crippen molar-refractivity contribution in [3.8, 4) is 5.75 Å². The Bertz CT molecular complexity index is 897. The first kappa shape index (κ1) is 15.5. The average molecular weight is 347 g/mol. The highest BCUT2D eigenvalue weighted by Crippen LogP contribution is 2.30.